The SMILES string of the molecule is CSc1ccc(OC(C)c2nc(C3(N)CCCC3)no2)cc1.Cl. The molecule has 1 unspecified atom stereocenters. The number of nitrogens with two attached hydrogens (primary N) is 1. The van der Waals surface area contributed by atoms with Crippen molar-refractivity contribution in [1.82, 2.24) is 10.1 Å². The van der Waals surface area contributed by atoms with Crippen LogP contribution in [0.25, 0.3) is 0 Å². The van der Waals surface area contributed by atoms with Gasteiger partial charge in [0, 0.05) is 4.90 Å². The van der Waals surface area contributed by atoms with Crippen molar-refractivity contribution in [2.24, 2.45) is 5.73 Å². The summed E-state index contributed by atoms with van der Waals surface area (Å²) in [4.78, 5) is 5.66. The number of rotatable bonds is 5. The highest BCUT2D eigenvalue weighted by Gasteiger charge is 2.36. The van der Waals surface area contributed by atoms with E-state index in [0.29, 0.717) is 11.7 Å². The molecule has 1 heterocycles. The van der Waals surface area contributed by atoms with Crippen molar-refractivity contribution >= 4 is 24.2 Å². The molecule has 23 heavy (non-hydrogen) atoms. The van der Waals surface area contributed by atoms with E-state index in [1.54, 1.807) is 11.8 Å². The Labute approximate surface area is 146 Å². The maximum atomic E-state index is 6.35. The summed E-state index contributed by atoms with van der Waals surface area (Å²) in [5.41, 5.74) is 5.92. The van der Waals surface area contributed by atoms with Crippen molar-refractivity contribution in [2.75, 3.05) is 6.26 Å². The number of aromatic nitrogens is 2. The molecule has 1 aromatic carbocycles. The number of hydrogen-bond acceptors (Lipinski definition) is 6. The summed E-state index contributed by atoms with van der Waals surface area (Å²) in [7, 11) is 0. The van der Waals surface area contributed by atoms with E-state index in [-0.39, 0.29) is 18.5 Å². The Hall–Kier alpha value is -1.24. The number of hydrogen-bond donors (Lipinski definition) is 1. The normalized spacial score (nSPS) is 17.5. The molecule has 1 aliphatic carbocycles. The Balaban J connectivity index is 0.00000192. The minimum absolute atomic E-state index is 0. The Bertz CT molecular complexity index is 627. The van der Waals surface area contributed by atoms with Crippen LogP contribution in [-0.4, -0.2) is 16.4 Å². The van der Waals surface area contributed by atoms with Gasteiger partial charge in [0.2, 0.25) is 0 Å². The first kappa shape index (κ1) is 18.1. The molecule has 0 saturated heterocycles. The van der Waals surface area contributed by atoms with Gasteiger partial charge in [-0.05, 0) is 50.3 Å². The van der Waals surface area contributed by atoms with E-state index >= 15 is 0 Å². The van der Waals surface area contributed by atoms with E-state index < -0.39 is 5.54 Å². The average molecular weight is 356 g/mol. The maximum absolute atomic E-state index is 6.35. The second kappa shape index (κ2) is 7.55. The fraction of sp³-hybridized carbons (Fsp3) is 0.500. The highest BCUT2D eigenvalue weighted by molar-refractivity contribution is 7.98. The molecule has 0 bridgehead atoms. The van der Waals surface area contributed by atoms with Crippen molar-refractivity contribution in [3.8, 4) is 5.75 Å². The summed E-state index contributed by atoms with van der Waals surface area (Å²) in [5.74, 6) is 1.86. The molecule has 1 aliphatic rings. The fourth-order valence-electron chi connectivity index (χ4n) is 2.74. The number of halogens is 1. The van der Waals surface area contributed by atoms with Gasteiger partial charge in [-0.2, -0.15) is 4.98 Å². The van der Waals surface area contributed by atoms with Crippen molar-refractivity contribution < 1.29 is 9.26 Å². The molecule has 0 spiro atoms. The first-order valence-corrected chi connectivity index (χ1v) is 8.77. The van der Waals surface area contributed by atoms with Crippen molar-refractivity contribution in [2.45, 2.75) is 49.1 Å². The molecule has 1 atom stereocenters. The van der Waals surface area contributed by atoms with Crippen LogP contribution in [0.15, 0.2) is 33.7 Å². The molecule has 3 rings (SSSR count). The molecular weight excluding hydrogens is 334 g/mol. The van der Waals surface area contributed by atoms with E-state index in [1.807, 2.05) is 37.4 Å². The summed E-state index contributed by atoms with van der Waals surface area (Å²) >= 11 is 1.70. The molecule has 2 N–H and O–H groups in total. The van der Waals surface area contributed by atoms with Crippen LogP contribution >= 0.6 is 24.2 Å². The first-order chi connectivity index (χ1) is 10.6. The Morgan fingerprint density at radius 2 is 1.91 bits per heavy atom. The lowest BCUT2D eigenvalue weighted by molar-refractivity contribution is 0.175. The van der Waals surface area contributed by atoms with Crippen LogP contribution in [0.3, 0.4) is 0 Å². The molecule has 0 radical (unpaired) electrons. The first-order valence-electron chi connectivity index (χ1n) is 7.54. The van der Waals surface area contributed by atoms with Gasteiger partial charge in [-0.1, -0.05) is 18.0 Å². The molecule has 0 amide bonds. The van der Waals surface area contributed by atoms with Gasteiger partial charge in [-0.3, -0.25) is 0 Å². The third-order valence-electron chi connectivity index (χ3n) is 4.10. The zero-order valence-electron chi connectivity index (χ0n) is 13.3. The molecule has 126 valence electrons. The lowest BCUT2D eigenvalue weighted by Gasteiger charge is -2.17. The number of ether oxygens (including phenoxy) is 1. The third-order valence-corrected chi connectivity index (χ3v) is 4.85. The molecule has 2 aromatic rings. The van der Waals surface area contributed by atoms with E-state index in [0.717, 1.165) is 31.4 Å². The van der Waals surface area contributed by atoms with Gasteiger partial charge in [-0.25, -0.2) is 0 Å². The minimum atomic E-state index is -0.429. The van der Waals surface area contributed by atoms with Crippen LogP contribution in [0.1, 0.15) is 50.4 Å². The van der Waals surface area contributed by atoms with E-state index in [2.05, 4.69) is 10.1 Å². The molecule has 0 aliphatic heterocycles. The van der Waals surface area contributed by atoms with Crippen molar-refractivity contribution in [1.29, 1.82) is 0 Å². The average Bonchev–Trinajstić information content (AvgIpc) is 3.18. The fourth-order valence-corrected chi connectivity index (χ4v) is 3.15. The lowest BCUT2D eigenvalue weighted by atomic mass is 9.99. The zero-order chi connectivity index (χ0) is 15.6. The van der Waals surface area contributed by atoms with E-state index in [9.17, 15) is 0 Å². The minimum Gasteiger partial charge on any atom is -0.481 e. The van der Waals surface area contributed by atoms with Crippen LogP contribution in [0.4, 0.5) is 0 Å². The molecule has 7 heteroatoms. The molecule has 1 saturated carbocycles. The maximum Gasteiger partial charge on any atom is 0.267 e. The van der Waals surface area contributed by atoms with E-state index in [1.165, 1.54) is 4.90 Å². The summed E-state index contributed by atoms with van der Waals surface area (Å²) in [6.07, 6.45) is 5.81. The van der Waals surface area contributed by atoms with Gasteiger partial charge in [0.25, 0.3) is 5.89 Å². The number of benzene rings is 1. The standard InChI is InChI=1S/C16H21N3O2S.ClH/c1-11(20-12-5-7-13(22-2)8-6-12)14-18-15(19-21-14)16(17)9-3-4-10-16;/h5-8,11H,3-4,9-10,17H2,1-2H3;1H. The smallest absolute Gasteiger partial charge is 0.267 e. The number of nitrogens with zero attached hydrogens (tertiary/aromatic N) is 2. The molecular formula is C16H22ClN3O2S. The van der Waals surface area contributed by atoms with Crippen LogP contribution in [0.5, 0.6) is 5.75 Å². The van der Waals surface area contributed by atoms with Crippen molar-refractivity contribution in [3.05, 3.63) is 36.0 Å². The van der Waals surface area contributed by atoms with Crippen molar-refractivity contribution in [3.63, 3.8) is 0 Å². The summed E-state index contributed by atoms with van der Waals surface area (Å²) < 4.78 is 11.2. The predicted octanol–water partition coefficient (Wildman–Crippen LogP) is 4.08. The third kappa shape index (κ3) is 4.00. The number of thioether (sulfide) groups is 1. The van der Waals surface area contributed by atoms with Crippen LogP contribution in [0.2, 0.25) is 0 Å². The van der Waals surface area contributed by atoms with Crippen LogP contribution in [0, 0.1) is 0 Å². The largest absolute Gasteiger partial charge is 0.481 e. The highest BCUT2D eigenvalue weighted by Crippen LogP contribution is 2.35. The van der Waals surface area contributed by atoms with Gasteiger partial charge in [0.1, 0.15) is 5.75 Å². The second-order valence-corrected chi connectivity index (χ2v) is 6.63. The molecule has 1 aromatic heterocycles. The predicted molar refractivity (Wildman–Crippen MR) is 93.1 cm³/mol. The molecule has 5 nitrogen and oxygen atoms in total. The Morgan fingerprint density at radius 1 is 1.26 bits per heavy atom. The second-order valence-electron chi connectivity index (χ2n) is 5.76. The summed E-state index contributed by atoms with van der Waals surface area (Å²) in [5, 5.41) is 4.07. The van der Waals surface area contributed by atoms with Gasteiger partial charge in [0.15, 0.2) is 11.9 Å². The zero-order valence-corrected chi connectivity index (χ0v) is 15.0. The topological polar surface area (TPSA) is 74.2 Å². The quantitative estimate of drug-likeness (QED) is 0.814. The van der Waals surface area contributed by atoms with Gasteiger partial charge < -0.3 is 15.0 Å². The van der Waals surface area contributed by atoms with E-state index in [4.69, 9.17) is 15.0 Å². The monoisotopic (exact) mass is 355 g/mol. The van der Waals surface area contributed by atoms with Crippen LogP contribution < -0.4 is 10.5 Å². The summed E-state index contributed by atoms with van der Waals surface area (Å²) in [6.45, 7) is 1.90. The van der Waals surface area contributed by atoms with Gasteiger partial charge in [0.05, 0.1) is 5.54 Å². The van der Waals surface area contributed by atoms with Gasteiger partial charge in [-0.15, -0.1) is 24.2 Å². The Morgan fingerprint density at radius 3 is 2.52 bits per heavy atom. The van der Waals surface area contributed by atoms with Crippen LogP contribution in [-0.2, 0) is 5.54 Å². The summed E-state index contributed by atoms with van der Waals surface area (Å²) in [6, 6.07) is 7.95. The lowest BCUT2D eigenvalue weighted by Crippen LogP contribution is -2.34. The molecule has 1 fully saturated rings. The highest BCUT2D eigenvalue weighted by atomic mass is 35.5. The van der Waals surface area contributed by atoms with Gasteiger partial charge >= 0.3 is 0 Å². The Kier molecular flexibility index (Phi) is 5.95.